The smallest absolute Gasteiger partial charge is 0.197 e. The molecular weight excluding hydrogens is 226 g/mol. The third kappa shape index (κ3) is 2.10. The molecule has 5 heteroatoms. The van der Waals surface area contributed by atoms with E-state index in [1.54, 1.807) is 12.4 Å². The SMILES string of the molecule is Nc1ncc(-c2cnn(Cc3ccccc3)c2)[nH]1. The van der Waals surface area contributed by atoms with E-state index in [2.05, 4.69) is 27.2 Å². The Labute approximate surface area is 104 Å². The lowest BCUT2D eigenvalue weighted by Crippen LogP contribution is -1.99. The van der Waals surface area contributed by atoms with Gasteiger partial charge >= 0.3 is 0 Å². The van der Waals surface area contributed by atoms with Crippen molar-refractivity contribution in [3.8, 4) is 11.3 Å². The molecule has 3 N–H and O–H groups in total. The number of nitrogens with two attached hydrogens (primary N) is 1. The minimum Gasteiger partial charge on any atom is -0.369 e. The summed E-state index contributed by atoms with van der Waals surface area (Å²) in [6.07, 6.45) is 5.48. The Hall–Kier alpha value is -2.56. The summed E-state index contributed by atoms with van der Waals surface area (Å²) >= 11 is 0. The zero-order chi connectivity index (χ0) is 12.4. The summed E-state index contributed by atoms with van der Waals surface area (Å²) in [4.78, 5) is 6.95. The minimum absolute atomic E-state index is 0.417. The lowest BCUT2D eigenvalue weighted by atomic mass is 10.2. The van der Waals surface area contributed by atoms with Crippen LogP contribution in [0.4, 0.5) is 5.95 Å². The van der Waals surface area contributed by atoms with E-state index in [0.29, 0.717) is 5.95 Å². The maximum Gasteiger partial charge on any atom is 0.197 e. The molecule has 0 spiro atoms. The number of benzene rings is 1. The van der Waals surface area contributed by atoms with E-state index >= 15 is 0 Å². The number of nitrogens with one attached hydrogen (secondary N) is 1. The first-order valence-corrected chi connectivity index (χ1v) is 5.68. The second-order valence-electron chi connectivity index (χ2n) is 4.09. The monoisotopic (exact) mass is 239 g/mol. The number of hydrogen-bond acceptors (Lipinski definition) is 3. The summed E-state index contributed by atoms with van der Waals surface area (Å²) < 4.78 is 1.89. The van der Waals surface area contributed by atoms with Gasteiger partial charge in [-0.05, 0) is 5.56 Å². The zero-order valence-electron chi connectivity index (χ0n) is 9.74. The summed E-state index contributed by atoms with van der Waals surface area (Å²) in [6, 6.07) is 10.2. The Morgan fingerprint density at radius 1 is 1.17 bits per heavy atom. The lowest BCUT2D eigenvalue weighted by molar-refractivity contribution is 0.687. The van der Waals surface area contributed by atoms with Crippen molar-refractivity contribution in [1.29, 1.82) is 0 Å². The van der Waals surface area contributed by atoms with Crippen LogP contribution < -0.4 is 5.73 Å². The van der Waals surface area contributed by atoms with Gasteiger partial charge in [0.15, 0.2) is 5.95 Å². The van der Waals surface area contributed by atoms with Gasteiger partial charge in [-0.15, -0.1) is 0 Å². The molecule has 0 fully saturated rings. The molecule has 0 amide bonds. The summed E-state index contributed by atoms with van der Waals surface area (Å²) in [6.45, 7) is 0.754. The Balaban J connectivity index is 1.82. The highest BCUT2D eigenvalue weighted by molar-refractivity contribution is 5.57. The van der Waals surface area contributed by atoms with Crippen molar-refractivity contribution in [3.63, 3.8) is 0 Å². The van der Waals surface area contributed by atoms with Gasteiger partial charge in [0.05, 0.1) is 24.6 Å². The number of nitrogen functional groups attached to an aromatic ring is 1. The standard InChI is InChI=1S/C13H13N5/c14-13-15-7-12(17-13)11-6-16-18(9-11)8-10-4-2-1-3-5-10/h1-7,9H,8H2,(H3,14,15,17). The highest BCUT2D eigenvalue weighted by Crippen LogP contribution is 2.16. The Bertz CT molecular complexity index is 638. The lowest BCUT2D eigenvalue weighted by Gasteiger charge is -2.00. The molecule has 2 aromatic heterocycles. The van der Waals surface area contributed by atoms with Gasteiger partial charge in [0.25, 0.3) is 0 Å². The molecule has 5 nitrogen and oxygen atoms in total. The van der Waals surface area contributed by atoms with Crippen LogP contribution >= 0.6 is 0 Å². The fourth-order valence-corrected chi connectivity index (χ4v) is 1.84. The summed E-state index contributed by atoms with van der Waals surface area (Å²) in [5, 5.41) is 4.33. The number of aromatic amines is 1. The second kappa shape index (κ2) is 4.37. The van der Waals surface area contributed by atoms with Gasteiger partial charge in [-0.25, -0.2) is 4.98 Å². The largest absolute Gasteiger partial charge is 0.369 e. The van der Waals surface area contributed by atoms with Gasteiger partial charge in [-0.2, -0.15) is 5.10 Å². The van der Waals surface area contributed by atoms with E-state index in [1.165, 1.54) is 5.56 Å². The molecular formula is C13H13N5. The van der Waals surface area contributed by atoms with Crippen LogP contribution in [0.15, 0.2) is 48.9 Å². The first kappa shape index (κ1) is 10.6. The van der Waals surface area contributed by atoms with Crippen molar-refractivity contribution in [3.05, 3.63) is 54.5 Å². The first-order chi connectivity index (χ1) is 8.81. The molecule has 0 aliphatic rings. The molecule has 0 saturated carbocycles. The predicted molar refractivity (Wildman–Crippen MR) is 69.8 cm³/mol. The van der Waals surface area contributed by atoms with Crippen molar-refractivity contribution >= 4 is 5.95 Å². The van der Waals surface area contributed by atoms with Crippen molar-refractivity contribution in [1.82, 2.24) is 19.7 Å². The Kier molecular flexibility index (Phi) is 2.57. The first-order valence-electron chi connectivity index (χ1n) is 5.68. The number of H-pyrrole nitrogens is 1. The molecule has 18 heavy (non-hydrogen) atoms. The fourth-order valence-electron chi connectivity index (χ4n) is 1.84. The highest BCUT2D eigenvalue weighted by atomic mass is 15.3. The summed E-state index contributed by atoms with van der Waals surface area (Å²) in [7, 11) is 0. The van der Waals surface area contributed by atoms with E-state index in [-0.39, 0.29) is 0 Å². The molecule has 3 rings (SSSR count). The molecule has 0 bridgehead atoms. The number of aromatic nitrogens is 4. The average molecular weight is 239 g/mol. The van der Waals surface area contributed by atoms with Gasteiger partial charge in [0.1, 0.15) is 0 Å². The highest BCUT2D eigenvalue weighted by Gasteiger charge is 2.04. The van der Waals surface area contributed by atoms with E-state index in [1.807, 2.05) is 29.1 Å². The van der Waals surface area contributed by atoms with Crippen LogP contribution in [0.5, 0.6) is 0 Å². The third-order valence-corrected chi connectivity index (χ3v) is 2.73. The van der Waals surface area contributed by atoms with Gasteiger partial charge in [-0.3, -0.25) is 4.68 Å². The maximum atomic E-state index is 5.55. The van der Waals surface area contributed by atoms with Crippen LogP contribution in [0, 0.1) is 0 Å². The van der Waals surface area contributed by atoms with Gasteiger partial charge in [-0.1, -0.05) is 30.3 Å². The van der Waals surface area contributed by atoms with E-state index in [0.717, 1.165) is 17.8 Å². The molecule has 0 atom stereocenters. The molecule has 90 valence electrons. The van der Waals surface area contributed by atoms with Gasteiger partial charge < -0.3 is 10.7 Å². The van der Waals surface area contributed by atoms with Crippen LogP contribution in [-0.2, 0) is 6.54 Å². The van der Waals surface area contributed by atoms with Crippen molar-refractivity contribution in [2.24, 2.45) is 0 Å². The van der Waals surface area contributed by atoms with Gasteiger partial charge in [0, 0.05) is 11.8 Å². The van der Waals surface area contributed by atoms with E-state index < -0.39 is 0 Å². The Morgan fingerprint density at radius 2 is 2.00 bits per heavy atom. The van der Waals surface area contributed by atoms with Crippen molar-refractivity contribution in [2.45, 2.75) is 6.54 Å². The van der Waals surface area contributed by atoms with Crippen molar-refractivity contribution < 1.29 is 0 Å². The number of anilines is 1. The molecule has 0 radical (unpaired) electrons. The Morgan fingerprint density at radius 3 is 2.72 bits per heavy atom. The maximum absolute atomic E-state index is 5.55. The molecule has 1 aromatic carbocycles. The van der Waals surface area contributed by atoms with E-state index in [9.17, 15) is 0 Å². The van der Waals surface area contributed by atoms with Crippen molar-refractivity contribution in [2.75, 3.05) is 5.73 Å². The van der Waals surface area contributed by atoms with Crippen LogP contribution in [0.3, 0.4) is 0 Å². The molecule has 0 aliphatic carbocycles. The summed E-state index contributed by atoms with van der Waals surface area (Å²) in [5.74, 6) is 0.417. The zero-order valence-corrected chi connectivity index (χ0v) is 9.74. The third-order valence-electron chi connectivity index (χ3n) is 2.73. The quantitative estimate of drug-likeness (QED) is 0.733. The number of nitrogens with zero attached hydrogens (tertiary/aromatic N) is 3. The van der Waals surface area contributed by atoms with Gasteiger partial charge in [0.2, 0.25) is 0 Å². The van der Waals surface area contributed by atoms with E-state index in [4.69, 9.17) is 5.73 Å². The molecule has 3 aromatic rings. The topological polar surface area (TPSA) is 72.5 Å². The minimum atomic E-state index is 0.417. The molecule has 0 unspecified atom stereocenters. The van der Waals surface area contributed by atoms with Crippen LogP contribution in [0.1, 0.15) is 5.56 Å². The average Bonchev–Trinajstić information content (AvgIpc) is 2.99. The molecule has 0 saturated heterocycles. The molecule has 0 aliphatic heterocycles. The van der Waals surface area contributed by atoms with Crippen LogP contribution in [0.25, 0.3) is 11.3 Å². The van der Waals surface area contributed by atoms with Crippen LogP contribution in [-0.4, -0.2) is 19.7 Å². The fraction of sp³-hybridized carbons (Fsp3) is 0.0769. The predicted octanol–water partition coefficient (Wildman–Crippen LogP) is 1.90. The summed E-state index contributed by atoms with van der Waals surface area (Å²) in [5.41, 5.74) is 8.63. The number of imidazole rings is 1. The number of hydrogen-bond donors (Lipinski definition) is 2. The number of rotatable bonds is 3. The van der Waals surface area contributed by atoms with Crippen LogP contribution in [0.2, 0.25) is 0 Å². The normalized spacial score (nSPS) is 10.7. The second-order valence-corrected chi connectivity index (χ2v) is 4.09. The molecule has 2 heterocycles.